The number of carbonyl (C=O) groups is 2. The average Bonchev–Trinajstić information content (AvgIpc) is 3.27. The lowest BCUT2D eigenvalue weighted by molar-refractivity contribution is -0.118. The number of carbonyl (C=O) groups excluding carboxylic acids is 2. The minimum absolute atomic E-state index is 0.0630. The fraction of sp³-hybridized carbons (Fsp3) is 0.562. The third kappa shape index (κ3) is 8.05. The molecule has 238 valence electrons. The molecule has 2 heterocycles. The van der Waals surface area contributed by atoms with Crippen LogP contribution in [0.4, 0.5) is 19.3 Å². The molecule has 3 atom stereocenters. The second-order valence-electron chi connectivity index (χ2n) is 12.7. The summed E-state index contributed by atoms with van der Waals surface area (Å²) in [7, 11) is 0. The van der Waals surface area contributed by atoms with E-state index >= 15 is 4.39 Å². The molecular formula is C32H41F2N5O5. The molecule has 2 aliphatic heterocycles. The van der Waals surface area contributed by atoms with E-state index in [-0.39, 0.29) is 30.2 Å². The normalized spacial score (nSPS) is 20.0. The van der Waals surface area contributed by atoms with Crippen molar-refractivity contribution < 1.29 is 32.6 Å². The molecule has 1 unspecified atom stereocenters. The van der Waals surface area contributed by atoms with Crippen LogP contribution in [-0.4, -0.2) is 60.1 Å². The summed E-state index contributed by atoms with van der Waals surface area (Å²) < 4.78 is 46.1. The third-order valence-electron chi connectivity index (χ3n) is 8.08. The predicted octanol–water partition coefficient (Wildman–Crippen LogP) is 7.10. The summed E-state index contributed by atoms with van der Waals surface area (Å²) in [5.74, 6) is -2.16. The molecule has 0 radical (unpaired) electrons. The van der Waals surface area contributed by atoms with E-state index in [4.69, 9.17) is 14.2 Å². The van der Waals surface area contributed by atoms with Crippen molar-refractivity contribution >= 4 is 17.7 Å². The Hall–Kier alpha value is -3.73. The molecule has 0 bridgehead atoms. The Morgan fingerprint density at radius 3 is 2.48 bits per heavy atom. The summed E-state index contributed by atoms with van der Waals surface area (Å²) in [5.41, 5.74) is 8.98. The molecule has 2 amide bonds. The van der Waals surface area contributed by atoms with Crippen molar-refractivity contribution in [2.75, 3.05) is 25.1 Å². The van der Waals surface area contributed by atoms with Crippen LogP contribution in [0, 0.1) is 17.6 Å². The topological polar surface area (TPSA) is 126 Å². The number of benzene rings is 2. The summed E-state index contributed by atoms with van der Waals surface area (Å²) in [6.45, 7) is 10.1. The monoisotopic (exact) mass is 613 g/mol. The Morgan fingerprint density at radius 2 is 1.84 bits per heavy atom. The van der Waals surface area contributed by atoms with Gasteiger partial charge in [-0.25, -0.2) is 13.6 Å². The van der Waals surface area contributed by atoms with Crippen molar-refractivity contribution in [3.05, 3.63) is 75.7 Å². The first-order valence-electron chi connectivity index (χ1n) is 14.9. The van der Waals surface area contributed by atoms with E-state index in [9.17, 15) is 19.5 Å². The number of azide groups is 1. The Balaban J connectivity index is 1.58. The molecule has 2 aromatic rings. The molecule has 10 nitrogen and oxygen atoms in total. The maximum Gasteiger partial charge on any atom is 0.412 e. The van der Waals surface area contributed by atoms with Crippen LogP contribution in [0.2, 0.25) is 0 Å². The molecule has 0 aliphatic carbocycles. The molecule has 2 fully saturated rings. The first-order chi connectivity index (χ1) is 20.8. The number of halogens is 2. The molecule has 0 spiro atoms. The molecule has 2 aromatic carbocycles. The van der Waals surface area contributed by atoms with E-state index in [1.165, 1.54) is 29.2 Å². The highest BCUT2D eigenvalue weighted by Crippen LogP contribution is 2.38. The van der Waals surface area contributed by atoms with Gasteiger partial charge in [0.1, 0.15) is 29.0 Å². The van der Waals surface area contributed by atoms with Crippen LogP contribution in [0.25, 0.3) is 10.4 Å². The van der Waals surface area contributed by atoms with Crippen molar-refractivity contribution in [1.82, 2.24) is 4.90 Å². The fourth-order valence-corrected chi connectivity index (χ4v) is 6.04. The number of nitrogens with zero attached hydrogens (tertiary/aromatic N) is 4. The van der Waals surface area contributed by atoms with Crippen LogP contribution in [0.1, 0.15) is 70.9 Å². The second-order valence-corrected chi connectivity index (χ2v) is 12.7. The first-order valence-corrected chi connectivity index (χ1v) is 14.9. The Kier molecular flexibility index (Phi) is 10.5. The van der Waals surface area contributed by atoms with E-state index in [2.05, 4.69) is 15.3 Å². The summed E-state index contributed by atoms with van der Waals surface area (Å²) in [6.07, 6.45) is 1.26. The van der Waals surface area contributed by atoms with Gasteiger partial charge >= 0.3 is 6.09 Å². The molecule has 44 heavy (non-hydrogen) atoms. The van der Waals surface area contributed by atoms with E-state index < -0.39 is 53.0 Å². The Morgan fingerprint density at radius 1 is 1.16 bits per heavy atom. The second kappa shape index (κ2) is 13.9. The van der Waals surface area contributed by atoms with Crippen LogP contribution >= 0.6 is 0 Å². The number of hydrogen-bond acceptors (Lipinski definition) is 6. The molecule has 12 heteroatoms. The number of nitrogens with one attached hydrogen (secondary N) is 1. The lowest BCUT2D eigenvalue weighted by Gasteiger charge is -2.35. The van der Waals surface area contributed by atoms with Crippen molar-refractivity contribution in [2.45, 2.75) is 89.6 Å². The van der Waals surface area contributed by atoms with Gasteiger partial charge in [0.15, 0.2) is 0 Å². The fourth-order valence-electron chi connectivity index (χ4n) is 6.04. The molecule has 2 saturated heterocycles. The standard InChI is InChI=1S/C32H41F2N5O5/c1-31(2,3)44-30(41)39-23(19-43-32(39,4)5)13-14-24-25(34)7-6-8-26(24)36-29(40)28(37-38-35)27(21-15-17-42-18-16-21)20-9-11-22(33)12-10-20/h6-12,21,23,27-28H,13-19H2,1-5H3,(H,36,40)/t23?,27-,28-/m0/s1. The highest BCUT2D eigenvalue weighted by Gasteiger charge is 2.45. The summed E-state index contributed by atoms with van der Waals surface area (Å²) in [6, 6.07) is 8.62. The van der Waals surface area contributed by atoms with Crippen molar-refractivity contribution in [3.8, 4) is 0 Å². The van der Waals surface area contributed by atoms with Gasteiger partial charge in [0.05, 0.1) is 12.6 Å². The third-order valence-corrected chi connectivity index (χ3v) is 8.08. The van der Waals surface area contributed by atoms with Crippen LogP contribution in [-0.2, 0) is 25.4 Å². The van der Waals surface area contributed by atoms with E-state index in [1.807, 2.05) is 0 Å². The van der Waals surface area contributed by atoms with Gasteiger partial charge in [-0.15, -0.1) is 0 Å². The number of rotatable bonds is 9. The molecule has 4 rings (SSSR count). The lowest BCUT2D eigenvalue weighted by atomic mass is 9.76. The van der Waals surface area contributed by atoms with Crippen LogP contribution in [0.5, 0.6) is 0 Å². The summed E-state index contributed by atoms with van der Waals surface area (Å²) in [4.78, 5) is 31.4. The Labute approximate surface area is 256 Å². The van der Waals surface area contributed by atoms with Crippen LogP contribution in [0.3, 0.4) is 0 Å². The van der Waals surface area contributed by atoms with Gasteiger partial charge < -0.3 is 19.5 Å². The zero-order valence-corrected chi connectivity index (χ0v) is 25.9. The molecule has 0 saturated carbocycles. The maximum absolute atomic E-state index is 15.3. The first kappa shape index (κ1) is 33.2. The van der Waals surface area contributed by atoms with Gasteiger partial charge in [0.2, 0.25) is 5.91 Å². The molecule has 1 N–H and O–H groups in total. The minimum Gasteiger partial charge on any atom is -0.444 e. The van der Waals surface area contributed by atoms with E-state index in [0.717, 1.165) is 0 Å². The SMILES string of the molecule is CC(C)(C)OC(=O)N1C(CCc2c(F)cccc2NC(=O)[C@@H](N=[N+]=[N-])[C@@H](c2ccc(F)cc2)C2CCOCC2)COC1(C)C. The number of anilines is 1. The van der Waals surface area contributed by atoms with Crippen molar-refractivity contribution in [2.24, 2.45) is 11.0 Å². The number of ether oxygens (including phenoxy) is 3. The highest BCUT2D eigenvalue weighted by molar-refractivity contribution is 5.96. The van der Waals surface area contributed by atoms with E-state index in [1.54, 1.807) is 52.8 Å². The van der Waals surface area contributed by atoms with Gasteiger partial charge in [-0.2, -0.15) is 0 Å². The average molecular weight is 614 g/mol. The largest absolute Gasteiger partial charge is 0.444 e. The molecule has 2 aliphatic rings. The van der Waals surface area contributed by atoms with E-state index in [0.29, 0.717) is 38.0 Å². The lowest BCUT2D eigenvalue weighted by Crippen LogP contribution is -2.50. The number of amides is 2. The van der Waals surface area contributed by atoms with Gasteiger partial charge in [-0.1, -0.05) is 23.3 Å². The summed E-state index contributed by atoms with van der Waals surface area (Å²) in [5, 5.41) is 6.70. The maximum atomic E-state index is 15.3. The molecular weight excluding hydrogens is 572 g/mol. The number of hydrogen-bond donors (Lipinski definition) is 1. The smallest absolute Gasteiger partial charge is 0.412 e. The Bertz CT molecular complexity index is 1370. The van der Waals surface area contributed by atoms with Gasteiger partial charge in [-0.3, -0.25) is 9.69 Å². The molecule has 0 aromatic heterocycles. The minimum atomic E-state index is -1.18. The zero-order valence-electron chi connectivity index (χ0n) is 25.9. The highest BCUT2D eigenvalue weighted by atomic mass is 19.1. The predicted molar refractivity (Wildman–Crippen MR) is 161 cm³/mol. The summed E-state index contributed by atoms with van der Waals surface area (Å²) >= 11 is 0. The van der Waals surface area contributed by atoms with Crippen molar-refractivity contribution in [1.29, 1.82) is 0 Å². The van der Waals surface area contributed by atoms with Crippen LogP contribution in [0.15, 0.2) is 47.6 Å². The van der Waals surface area contributed by atoms with Crippen LogP contribution < -0.4 is 5.32 Å². The van der Waals surface area contributed by atoms with Gasteiger partial charge in [0.25, 0.3) is 0 Å². The van der Waals surface area contributed by atoms with Gasteiger partial charge in [0, 0.05) is 35.3 Å². The zero-order chi connectivity index (χ0) is 32.1. The quantitative estimate of drug-likeness (QED) is 0.183. The van der Waals surface area contributed by atoms with Gasteiger partial charge in [-0.05, 0) is 102 Å². The van der Waals surface area contributed by atoms with Crippen molar-refractivity contribution in [3.63, 3.8) is 0 Å².